The number of amides is 1. The normalized spacial score (nSPS) is 10.8. The van der Waals surface area contributed by atoms with Gasteiger partial charge in [0.25, 0.3) is 0 Å². The van der Waals surface area contributed by atoms with E-state index in [-0.39, 0.29) is 5.91 Å². The van der Waals surface area contributed by atoms with E-state index in [1.807, 2.05) is 13.0 Å². The Hall–Kier alpha value is -1.77. The zero-order chi connectivity index (χ0) is 13.7. The van der Waals surface area contributed by atoms with Gasteiger partial charge in [-0.1, -0.05) is 26.3 Å². The van der Waals surface area contributed by atoms with Crippen molar-refractivity contribution in [2.45, 2.75) is 39.5 Å². The fourth-order valence-electron chi connectivity index (χ4n) is 2.23. The van der Waals surface area contributed by atoms with Crippen LogP contribution in [0.2, 0.25) is 0 Å². The second kappa shape index (κ2) is 6.41. The summed E-state index contributed by atoms with van der Waals surface area (Å²) in [5, 5.41) is 4.07. The first-order chi connectivity index (χ1) is 9.24. The van der Waals surface area contributed by atoms with E-state index in [0.717, 1.165) is 24.8 Å². The van der Waals surface area contributed by atoms with Gasteiger partial charge in [-0.3, -0.25) is 4.79 Å². The maximum Gasteiger partial charge on any atom is 0.219 e. The average Bonchev–Trinajstić information content (AvgIpc) is 2.82. The van der Waals surface area contributed by atoms with Gasteiger partial charge >= 0.3 is 0 Å². The molecule has 0 aliphatic rings. The third-order valence-electron chi connectivity index (χ3n) is 3.29. The van der Waals surface area contributed by atoms with Crippen LogP contribution in [0.4, 0.5) is 0 Å². The lowest BCUT2D eigenvalue weighted by atomic mass is 10.0. The van der Waals surface area contributed by atoms with Gasteiger partial charge in [-0.15, -0.1) is 0 Å². The second-order valence-electron chi connectivity index (χ2n) is 4.79. The van der Waals surface area contributed by atoms with E-state index in [9.17, 15) is 4.79 Å². The van der Waals surface area contributed by atoms with E-state index in [1.54, 1.807) is 6.26 Å². The molecule has 2 rings (SSSR count). The van der Waals surface area contributed by atoms with Crippen molar-refractivity contribution < 1.29 is 9.21 Å². The quantitative estimate of drug-likeness (QED) is 0.863. The molecule has 0 aliphatic carbocycles. The van der Waals surface area contributed by atoms with Gasteiger partial charge in [0.1, 0.15) is 5.58 Å². The summed E-state index contributed by atoms with van der Waals surface area (Å²) in [6.07, 6.45) is 5.39. The van der Waals surface area contributed by atoms with Crippen LogP contribution in [0, 0.1) is 0 Å². The fraction of sp³-hybridized carbons (Fsp3) is 0.438. The van der Waals surface area contributed by atoms with E-state index in [1.165, 1.54) is 16.5 Å². The topological polar surface area (TPSA) is 42.2 Å². The van der Waals surface area contributed by atoms with Crippen molar-refractivity contribution in [1.29, 1.82) is 0 Å². The van der Waals surface area contributed by atoms with E-state index >= 15 is 0 Å². The van der Waals surface area contributed by atoms with Gasteiger partial charge in [0.2, 0.25) is 5.91 Å². The second-order valence-corrected chi connectivity index (χ2v) is 4.79. The molecule has 3 heteroatoms. The lowest BCUT2D eigenvalue weighted by Crippen LogP contribution is -2.24. The molecular formula is C16H21NO2. The van der Waals surface area contributed by atoms with Gasteiger partial charge in [0, 0.05) is 18.4 Å². The maximum absolute atomic E-state index is 11.2. The zero-order valence-electron chi connectivity index (χ0n) is 11.7. The predicted octanol–water partition coefficient (Wildman–Crippen LogP) is 3.45. The predicted molar refractivity (Wildman–Crippen MR) is 77.2 cm³/mol. The van der Waals surface area contributed by atoms with Crippen molar-refractivity contribution in [2.75, 3.05) is 6.54 Å². The van der Waals surface area contributed by atoms with Crippen molar-refractivity contribution in [3.63, 3.8) is 0 Å². The highest BCUT2D eigenvalue weighted by Crippen LogP contribution is 2.23. The molecule has 0 saturated carbocycles. The minimum atomic E-state index is 0.0967. The van der Waals surface area contributed by atoms with Crippen molar-refractivity contribution in [2.24, 2.45) is 0 Å². The summed E-state index contributed by atoms with van der Waals surface area (Å²) in [5.41, 5.74) is 3.44. The fourth-order valence-corrected chi connectivity index (χ4v) is 2.23. The van der Waals surface area contributed by atoms with Crippen LogP contribution in [-0.2, 0) is 17.6 Å². The molecule has 1 aromatic heterocycles. The van der Waals surface area contributed by atoms with E-state index < -0.39 is 0 Å². The molecular weight excluding hydrogens is 238 g/mol. The Morgan fingerprint density at radius 1 is 1.26 bits per heavy atom. The van der Waals surface area contributed by atoms with Crippen LogP contribution in [0.15, 0.2) is 28.9 Å². The molecule has 0 bridgehead atoms. The van der Waals surface area contributed by atoms with Crippen LogP contribution in [0.1, 0.15) is 37.8 Å². The SMILES string of the molecule is CCCc1ccc2occ(CCNC(=O)CC)c2c1. The Morgan fingerprint density at radius 3 is 2.84 bits per heavy atom. The first kappa shape index (κ1) is 13.7. The molecule has 0 radical (unpaired) electrons. The molecule has 3 nitrogen and oxygen atoms in total. The Labute approximate surface area is 114 Å². The number of carbonyl (C=O) groups is 1. The number of hydrogen-bond donors (Lipinski definition) is 1. The highest BCUT2D eigenvalue weighted by atomic mass is 16.3. The van der Waals surface area contributed by atoms with Gasteiger partial charge in [0.15, 0.2) is 0 Å². The monoisotopic (exact) mass is 259 g/mol. The molecule has 0 saturated heterocycles. The van der Waals surface area contributed by atoms with Gasteiger partial charge in [0.05, 0.1) is 6.26 Å². The van der Waals surface area contributed by atoms with Gasteiger partial charge in [-0.2, -0.15) is 0 Å². The molecule has 0 unspecified atom stereocenters. The Kier molecular flexibility index (Phi) is 4.61. The summed E-state index contributed by atoms with van der Waals surface area (Å²) < 4.78 is 5.55. The molecule has 0 atom stereocenters. The zero-order valence-corrected chi connectivity index (χ0v) is 11.7. The summed E-state index contributed by atoms with van der Waals surface area (Å²) in [6, 6.07) is 6.37. The maximum atomic E-state index is 11.2. The Bertz CT molecular complexity index is 557. The summed E-state index contributed by atoms with van der Waals surface area (Å²) in [4.78, 5) is 11.2. The number of hydrogen-bond acceptors (Lipinski definition) is 2. The van der Waals surface area contributed by atoms with Gasteiger partial charge in [-0.05, 0) is 36.1 Å². The molecule has 1 heterocycles. The molecule has 0 aliphatic heterocycles. The number of rotatable bonds is 6. The molecule has 19 heavy (non-hydrogen) atoms. The lowest BCUT2D eigenvalue weighted by Gasteiger charge is -2.03. The number of nitrogens with one attached hydrogen (secondary N) is 1. The van der Waals surface area contributed by atoms with Gasteiger partial charge < -0.3 is 9.73 Å². The van der Waals surface area contributed by atoms with Crippen molar-refractivity contribution >= 4 is 16.9 Å². The van der Waals surface area contributed by atoms with E-state index in [0.29, 0.717) is 13.0 Å². The van der Waals surface area contributed by atoms with Crippen LogP contribution in [0.5, 0.6) is 0 Å². The largest absolute Gasteiger partial charge is 0.464 e. The summed E-state index contributed by atoms with van der Waals surface area (Å²) in [6.45, 7) is 4.71. The van der Waals surface area contributed by atoms with Crippen molar-refractivity contribution in [3.05, 3.63) is 35.6 Å². The minimum Gasteiger partial charge on any atom is -0.464 e. The van der Waals surface area contributed by atoms with E-state index in [4.69, 9.17) is 4.42 Å². The molecule has 1 N–H and O–H groups in total. The Morgan fingerprint density at radius 2 is 2.11 bits per heavy atom. The summed E-state index contributed by atoms with van der Waals surface area (Å²) in [7, 11) is 0. The number of aryl methyl sites for hydroxylation is 1. The minimum absolute atomic E-state index is 0.0967. The number of fused-ring (bicyclic) bond motifs is 1. The molecule has 0 spiro atoms. The highest BCUT2D eigenvalue weighted by molar-refractivity contribution is 5.82. The number of carbonyl (C=O) groups excluding carboxylic acids is 1. The molecule has 1 amide bonds. The molecule has 0 fully saturated rings. The van der Waals surface area contributed by atoms with Crippen LogP contribution in [0.25, 0.3) is 11.0 Å². The highest BCUT2D eigenvalue weighted by Gasteiger charge is 2.07. The summed E-state index contributed by atoms with van der Waals surface area (Å²) in [5.74, 6) is 0.0967. The Balaban J connectivity index is 2.09. The summed E-state index contributed by atoms with van der Waals surface area (Å²) >= 11 is 0. The van der Waals surface area contributed by atoms with Crippen LogP contribution in [-0.4, -0.2) is 12.5 Å². The number of benzene rings is 1. The van der Waals surface area contributed by atoms with Crippen molar-refractivity contribution in [1.82, 2.24) is 5.32 Å². The third kappa shape index (κ3) is 3.37. The van der Waals surface area contributed by atoms with E-state index in [2.05, 4.69) is 24.4 Å². The first-order valence-corrected chi connectivity index (χ1v) is 7.00. The first-order valence-electron chi connectivity index (χ1n) is 7.00. The molecule has 2 aromatic rings. The van der Waals surface area contributed by atoms with Crippen molar-refractivity contribution in [3.8, 4) is 0 Å². The number of furan rings is 1. The average molecular weight is 259 g/mol. The van der Waals surface area contributed by atoms with Crippen LogP contribution in [0.3, 0.4) is 0 Å². The van der Waals surface area contributed by atoms with Gasteiger partial charge in [-0.25, -0.2) is 0 Å². The van der Waals surface area contributed by atoms with Crippen LogP contribution >= 0.6 is 0 Å². The standard InChI is InChI=1S/C16H21NO2/c1-3-5-12-6-7-15-14(10-12)13(11-19-15)8-9-17-16(18)4-2/h6-7,10-11H,3-5,8-9H2,1-2H3,(H,17,18). The third-order valence-corrected chi connectivity index (χ3v) is 3.29. The molecule has 102 valence electrons. The lowest BCUT2D eigenvalue weighted by molar-refractivity contribution is -0.120. The van der Waals surface area contributed by atoms with Crippen LogP contribution < -0.4 is 5.32 Å². The molecule has 1 aromatic carbocycles. The smallest absolute Gasteiger partial charge is 0.219 e.